The SMILES string of the molecule is Cc1c(-c2ccccc2)ccnc1C=NNC(=S)Nc1ccc(N(C)C)cc1. The maximum Gasteiger partial charge on any atom is 0.191 e. The number of rotatable bonds is 5. The zero-order valence-electron chi connectivity index (χ0n) is 16.2. The van der Waals surface area contributed by atoms with Crippen LogP contribution >= 0.6 is 12.2 Å². The molecule has 2 aromatic carbocycles. The van der Waals surface area contributed by atoms with Gasteiger partial charge in [-0.05, 0) is 66.2 Å². The first-order chi connectivity index (χ1) is 13.5. The van der Waals surface area contributed by atoms with Gasteiger partial charge < -0.3 is 10.2 Å². The number of hydrogen-bond donors (Lipinski definition) is 2. The quantitative estimate of drug-likeness (QED) is 0.384. The lowest BCUT2D eigenvalue weighted by atomic mass is 10.0. The Bertz CT molecular complexity index is 966. The predicted molar refractivity (Wildman–Crippen MR) is 122 cm³/mol. The summed E-state index contributed by atoms with van der Waals surface area (Å²) in [5, 5.41) is 7.77. The lowest BCUT2D eigenvalue weighted by Gasteiger charge is -2.13. The molecular weight excluding hydrogens is 366 g/mol. The predicted octanol–water partition coefficient (Wildman–Crippen LogP) is 4.44. The summed E-state index contributed by atoms with van der Waals surface area (Å²) in [7, 11) is 4.01. The Kier molecular flexibility index (Phi) is 6.34. The molecule has 6 heteroatoms. The van der Waals surface area contributed by atoms with Crippen molar-refractivity contribution in [3.63, 3.8) is 0 Å². The van der Waals surface area contributed by atoms with Gasteiger partial charge in [-0.3, -0.25) is 10.4 Å². The zero-order chi connectivity index (χ0) is 19.9. The molecule has 0 unspecified atom stereocenters. The van der Waals surface area contributed by atoms with E-state index in [4.69, 9.17) is 12.2 Å². The third-order valence-electron chi connectivity index (χ3n) is 4.32. The molecule has 3 rings (SSSR count). The summed E-state index contributed by atoms with van der Waals surface area (Å²) in [4.78, 5) is 6.46. The Balaban J connectivity index is 1.63. The van der Waals surface area contributed by atoms with Gasteiger partial charge in [-0.2, -0.15) is 5.10 Å². The van der Waals surface area contributed by atoms with Crippen LogP contribution in [0.4, 0.5) is 11.4 Å². The van der Waals surface area contributed by atoms with Gasteiger partial charge in [-0.1, -0.05) is 30.3 Å². The molecule has 3 aromatic rings. The Labute approximate surface area is 171 Å². The zero-order valence-corrected chi connectivity index (χ0v) is 17.0. The van der Waals surface area contributed by atoms with Crippen LogP contribution in [0.2, 0.25) is 0 Å². The molecule has 0 aliphatic heterocycles. The standard InChI is InChI=1S/C22H23N5S/c1-16-20(17-7-5-4-6-8-17)13-14-23-21(16)15-24-26-22(28)25-18-9-11-19(12-10-18)27(2)3/h4-15H,1-3H3,(H2,25,26,28). The molecule has 1 heterocycles. The summed E-state index contributed by atoms with van der Waals surface area (Å²) in [6, 6.07) is 20.2. The van der Waals surface area contributed by atoms with Gasteiger partial charge in [0.1, 0.15) is 0 Å². The molecule has 5 nitrogen and oxygen atoms in total. The summed E-state index contributed by atoms with van der Waals surface area (Å²) in [6.07, 6.45) is 3.48. The first-order valence-corrected chi connectivity index (χ1v) is 9.34. The second-order valence-electron chi connectivity index (χ2n) is 6.50. The molecule has 1 aromatic heterocycles. The number of hydrazone groups is 1. The van der Waals surface area contributed by atoms with Gasteiger partial charge in [0, 0.05) is 31.7 Å². The van der Waals surface area contributed by atoms with Gasteiger partial charge in [0.05, 0.1) is 11.9 Å². The molecule has 142 valence electrons. The summed E-state index contributed by atoms with van der Waals surface area (Å²) in [5.41, 5.74) is 9.03. The van der Waals surface area contributed by atoms with Crippen molar-refractivity contribution in [1.29, 1.82) is 0 Å². The minimum Gasteiger partial charge on any atom is -0.378 e. The van der Waals surface area contributed by atoms with Crippen LogP contribution in [-0.4, -0.2) is 30.4 Å². The van der Waals surface area contributed by atoms with Crippen molar-refractivity contribution in [3.05, 3.63) is 78.1 Å². The van der Waals surface area contributed by atoms with Crippen LogP contribution in [0.3, 0.4) is 0 Å². The minimum absolute atomic E-state index is 0.422. The first-order valence-electron chi connectivity index (χ1n) is 8.93. The summed E-state index contributed by atoms with van der Waals surface area (Å²) < 4.78 is 0. The van der Waals surface area contributed by atoms with Gasteiger partial charge in [-0.25, -0.2) is 0 Å². The Morgan fingerprint density at radius 1 is 1.04 bits per heavy atom. The molecule has 28 heavy (non-hydrogen) atoms. The van der Waals surface area contributed by atoms with E-state index >= 15 is 0 Å². The largest absolute Gasteiger partial charge is 0.378 e. The highest BCUT2D eigenvalue weighted by Crippen LogP contribution is 2.23. The fourth-order valence-corrected chi connectivity index (χ4v) is 2.94. The molecule has 0 fully saturated rings. The van der Waals surface area contributed by atoms with Crippen molar-refractivity contribution >= 4 is 34.9 Å². The van der Waals surface area contributed by atoms with E-state index in [1.807, 2.05) is 74.4 Å². The van der Waals surface area contributed by atoms with Gasteiger partial charge >= 0.3 is 0 Å². The molecule has 0 bridgehead atoms. The van der Waals surface area contributed by atoms with E-state index in [-0.39, 0.29) is 0 Å². The van der Waals surface area contributed by atoms with E-state index in [1.165, 1.54) is 0 Å². The first kappa shape index (κ1) is 19.5. The van der Waals surface area contributed by atoms with Gasteiger partial charge in [0.25, 0.3) is 0 Å². The van der Waals surface area contributed by atoms with Crippen LogP contribution in [0.1, 0.15) is 11.3 Å². The van der Waals surface area contributed by atoms with Crippen molar-refractivity contribution in [1.82, 2.24) is 10.4 Å². The highest BCUT2D eigenvalue weighted by Gasteiger charge is 2.05. The lowest BCUT2D eigenvalue weighted by Crippen LogP contribution is -2.24. The van der Waals surface area contributed by atoms with Gasteiger partial charge in [-0.15, -0.1) is 0 Å². The number of thiocarbonyl (C=S) groups is 1. The minimum atomic E-state index is 0.422. The number of nitrogens with one attached hydrogen (secondary N) is 2. The molecule has 0 aliphatic rings. The molecule has 0 saturated carbocycles. The fraction of sp³-hybridized carbons (Fsp3) is 0.136. The van der Waals surface area contributed by atoms with Gasteiger partial charge in [0.2, 0.25) is 0 Å². The Morgan fingerprint density at radius 2 is 1.75 bits per heavy atom. The third-order valence-corrected chi connectivity index (χ3v) is 4.52. The fourth-order valence-electron chi connectivity index (χ4n) is 2.77. The smallest absolute Gasteiger partial charge is 0.191 e. The van der Waals surface area contributed by atoms with Crippen molar-refractivity contribution in [2.75, 3.05) is 24.3 Å². The number of benzene rings is 2. The number of pyridine rings is 1. The monoisotopic (exact) mass is 389 g/mol. The highest BCUT2D eigenvalue weighted by molar-refractivity contribution is 7.80. The molecule has 0 spiro atoms. The van der Waals surface area contributed by atoms with Crippen LogP contribution in [0.5, 0.6) is 0 Å². The van der Waals surface area contributed by atoms with E-state index in [0.29, 0.717) is 5.11 Å². The molecule has 0 radical (unpaired) electrons. The topological polar surface area (TPSA) is 52.6 Å². The van der Waals surface area contributed by atoms with Crippen molar-refractivity contribution < 1.29 is 0 Å². The van der Waals surface area contributed by atoms with E-state index in [9.17, 15) is 0 Å². The number of nitrogens with zero attached hydrogens (tertiary/aromatic N) is 3. The lowest BCUT2D eigenvalue weighted by molar-refractivity contribution is 1.04. The average molecular weight is 390 g/mol. The van der Waals surface area contributed by atoms with Crippen molar-refractivity contribution in [2.24, 2.45) is 5.10 Å². The Hall–Kier alpha value is -3.25. The number of aromatic nitrogens is 1. The molecule has 0 amide bonds. The molecule has 0 atom stereocenters. The molecule has 2 N–H and O–H groups in total. The average Bonchev–Trinajstić information content (AvgIpc) is 2.70. The molecule has 0 aliphatic carbocycles. The normalized spacial score (nSPS) is 10.7. The summed E-state index contributed by atoms with van der Waals surface area (Å²) in [5.74, 6) is 0. The van der Waals surface area contributed by atoms with Crippen LogP contribution < -0.4 is 15.6 Å². The second kappa shape index (κ2) is 9.10. The summed E-state index contributed by atoms with van der Waals surface area (Å²) >= 11 is 5.30. The van der Waals surface area contributed by atoms with E-state index in [2.05, 4.69) is 33.0 Å². The van der Waals surface area contributed by atoms with Crippen LogP contribution in [0.25, 0.3) is 11.1 Å². The third kappa shape index (κ3) is 4.92. The molecular formula is C22H23N5S. The van der Waals surface area contributed by atoms with Gasteiger partial charge in [0.15, 0.2) is 5.11 Å². The van der Waals surface area contributed by atoms with E-state index in [0.717, 1.165) is 33.8 Å². The highest BCUT2D eigenvalue weighted by atomic mass is 32.1. The van der Waals surface area contributed by atoms with Crippen molar-refractivity contribution in [2.45, 2.75) is 6.92 Å². The van der Waals surface area contributed by atoms with E-state index in [1.54, 1.807) is 12.4 Å². The van der Waals surface area contributed by atoms with Crippen LogP contribution in [-0.2, 0) is 0 Å². The van der Waals surface area contributed by atoms with Crippen molar-refractivity contribution in [3.8, 4) is 11.1 Å². The second-order valence-corrected chi connectivity index (χ2v) is 6.91. The summed E-state index contributed by atoms with van der Waals surface area (Å²) in [6.45, 7) is 2.04. The van der Waals surface area contributed by atoms with E-state index < -0.39 is 0 Å². The van der Waals surface area contributed by atoms with Crippen LogP contribution in [0, 0.1) is 6.92 Å². The van der Waals surface area contributed by atoms with Crippen LogP contribution in [0.15, 0.2) is 72.0 Å². The number of anilines is 2. The number of hydrogen-bond acceptors (Lipinski definition) is 4. The maximum absolute atomic E-state index is 5.30. The maximum atomic E-state index is 5.30. The Morgan fingerprint density at radius 3 is 2.43 bits per heavy atom. The molecule has 0 saturated heterocycles.